The van der Waals surface area contributed by atoms with Crippen LogP contribution in [0.4, 0.5) is 0 Å². The number of halogens is 1. The Hall–Kier alpha value is -1.15. The van der Waals surface area contributed by atoms with Crippen molar-refractivity contribution in [2.75, 3.05) is 0 Å². The zero-order chi connectivity index (χ0) is 14.5. The van der Waals surface area contributed by atoms with Crippen LogP contribution >= 0.6 is 11.6 Å². The summed E-state index contributed by atoms with van der Waals surface area (Å²) in [6.45, 7) is 1.51. The Labute approximate surface area is 125 Å². The molecule has 0 aliphatic heterocycles. The van der Waals surface area contributed by atoms with Gasteiger partial charge in [-0.3, -0.25) is 4.79 Å². The molecule has 0 amide bonds. The van der Waals surface area contributed by atoms with Gasteiger partial charge in [-0.1, -0.05) is 43.0 Å². The molecule has 1 aliphatic carbocycles. The average molecular weight is 293 g/mol. The fraction of sp³-hybridized carbons (Fsp3) is 0.529. The molecule has 1 saturated carbocycles. The Bertz CT molecular complexity index is 502. The van der Waals surface area contributed by atoms with Gasteiger partial charge in [0.05, 0.1) is 0 Å². The minimum Gasteiger partial charge on any atom is -0.300 e. The van der Waals surface area contributed by atoms with Crippen molar-refractivity contribution in [1.82, 2.24) is 0 Å². The molecule has 1 aliphatic rings. The Morgan fingerprint density at radius 3 is 2.45 bits per heavy atom. The van der Waals surface area contributed by atoms with Gasteiger partial charge in [0.25, 0.3) is 0 Å². The molecule has 0 heterocycles. The van der Waals surface area contributed by atoms with Gasteiger partial charge in [-0.25, -0.2) is 0 Å². The highest BCUT2D eigenvalue weighted by Gasteiger charge is 2.19. The lowest BCUT2D eigenvalue weighted by Crippen LogP contribution is -2.07. The summed E-state index contributed by atoms with van der Waals surface area (Å²) in [7, 11) is 0. The van der Waals surface area contributed by atoms with Crippen LogP contribution in [0.1, 0.15) is 73.7 Å². The highest BCUT2D eigenvalue weighted by atomic mass is 35.5. The number of ketones is 2. The molecule has 108 valence electrons. The van der Waals surface area contributed by atoms with E-state index in [-0.39, 0.29) is 18.0 Å². The standard InChI is InChI=1S/C17H21ClO2/c1-12(19)7-10-17(20)14-8-9-15(16(18)11-14)13-5-3-2-4-6-13/h8-9,11,13H,2-7,10H2,1H3. The maximum absolute atomic E-state index is 12.0. The van der Waals surface area contributed by atoms with Crippen LogP contribution in [0.5, 0.6) is 0 Å². The van der Waals surface area contributed by atoms with Gasteiger partial charge in [-0.2, -0.15) is 0 Å². The van der Waals surface area contributed by atoms with E-state index in [1.54, 1.807) is 6.07 Å². The van der Waals surface area contributed by atoms with Gasteiger partial charge in [-0.15, -0.1) is 0 Å². The maximum Gasteiger partial charge on any atom is 0.163 e. The second-order valence-corrected chi connectivity index (χ2v) is 6.10. The third-order valence-corrected chi connectivity index (χ3v) is 4.40. The molecule has 0 saturated heterocycles. The van der Waals surface area contributed by atoms with Crippen LogP contribution in [0, 0.1) is 0 Å². The van der Waals surface area contributed by atoms with Gasteiger partial charge < -0.3 is 4.79 Å². The number of benzene rings is 1. The van der Waals surface area contributed by atoms with Crippen molar-refractivity contribution in [3.05, 3.63) is 34.3 Å². The Balaban J connectivity index is 2.08. The van der Waals surface area contributed by atoms with Crippen molar-refractivity contribution in [3.63, 3.8) is 0 Å². The molecule has 3 heteroatoms. The van der Waals surface area contributed by atoms with E-state index in [0.717, 1.165) is 0 Å². The SMILES string of the molecule is CC(=O)CCC(=O)c1ccc(C2CCCCC2)c(Cl)c1. The zero-order valence-electron chi connectivity index (χ0n) is 12.0. The summed E-state index contributed by atoms with van der Waals surface area (Å²) in [6.07, 6.45) is 6.81. The number of carbonyl (C=O) groups excluding carboxylic acids is 2. The fourth-order valence-electron chi connectivity index (χ4n) is 2.88. The normalized spacial score (nSPS) is 16.1. The van der Waals surface area contributed by atoms with Crippen LogP contribution in [-0.2, 0) is 4.79 Å². The minimum atomic E-state index is -0.00251. The highest BCUT2D eigenvalue weighted by molar-refractivity contribution is 6.31. The van der Waals surface area contributed by atoms with Crippen molar-refractivity contribution >= 4 is 23.2 Å². The second-order valence-electron chi connectivity index (χ2n) is 5.70. The summed E-state index contributed by atoms with van der Waals surface area (Å²) in [5.41, 5.74) is 1.80. The monoisotopic (exact) mass is 292 g/mol. The number of carbonyl (C=O) groups is 2. The van der Waals surface area contributed by atoms with Crippen LogP contribution in [0.15, 0.2) is 18.2 Å². The number of hydrogen-bond donors (Lipinski definition) is 0. The van der Waals surface area contributed by atoms with Gasteiger partial charge in [0.15, 0.2) is 5.78 Å². The number of rotatable bonds is 5. The van der Waals surface area contributed by atoms with Gasteiger partial charge in [0.1, 0.15) is 5.78 Å². The largest absolute Gasteiger partial charge is 0.300 e. The minimum absolute atomic E-state index is 0.00251. The van der Waals surface area contributed by atoms with Gasteiger partial charge >= 0.3 is 0 Å². The van der Waals surface area contributed by atoms with Gasteiger partial charge in [-0.05, 0) is 37.3 Å². The molecular weight excluding hydrogens is 272 g/mol. The fourth-order valence-corrected chi connectivity index (χ4v) is 3.21. The van der Waals surface area contributed by atoms with Crippen LogP contribution in [0.3, 0.4) is 0 Å². The van der Waals surface area contributed by atoms with Crippen molar-refractivity contribution in [3.8, 4) is 0 Å². The average Bonchev–Trinajstić information content (AvgIpc) is 2.45. The van der Waals surface area contributed by atoms with E-state index in [1.165, 1.54) is 44.6 Å². The third-order valence-electron chi connectivity index (χ3n) is 4.07. The van der Waals surface area contributed by atoms with Crippen LogP contribution in [0.25, 0.3) is 0 Å². The summed E-state index contributed by atoms with van der Waals surface area (Å²) >= 11 is 6.35. The molecule has 0 atom stereocenters. The Morgan fingerprint density at radius 2 is 1.85 bits per heavy atom. The molecule has 0 radical (unpaired) electrons. The summed E-state index contributed by atoms with van der Waals surface area (Å²) in [6, 6.07) is 5.63. The smallest absolute Gasteiger partial charge is 0.163 e. The molecule has 2 rings (SSSR count). The topological polar surface area (TPSA) is 34.1 Å². The molecule has 0 spiro atoms. The van der Waals surface area contributed by atoms with E-state index < -0.39 is 0 Å². The van der Waals surface area contributed by atoms with E-state index in [4.69, 9.17) is 11.6 Å². The van der Waals surface area contributed by atoms with Crippen molar-refractivity contribution in [1.29, 1.82) is 0 Å². The molecule has 0 N–H and O–H groups in total. The van der Waals surface area contributed by atoms with Gasteiger partial charge in [0, 0.05) is 23.4 Å². The Morgan fingerprint density at radius 1 is 1.15 bits per heavy atom. The second kappa shape index (κ2) is 7.03. The molecule has 0 aromatic heterocycles. The maximum atomic E-state index is 12.0. The van der Waals surface area contributed by atoms with E-state index in [0.29, 0.717) is 22.9 Å². The van der Waals surface area contributed by atoms with E-state index in [9.17, 15) is 9.59 Å². The predicted molar refractivity (Wildman–Crippen MR) is 81.5 cm³/mol. The lowest BCUT2D eigenvalue weighted by atomic mass is 9.83. The molecule has 1 aromatic carbocycles. The van der Waals surface area contributed by atoms with Crippen molar-refractivity contribution < 1.29 is 9.59 Å². The zero-order valence-corrected chi connectivity index (χ0v) is 12.7. The molecular formula is C17H21ClO2. The first-order valence-corrected chi connectivity index (χ1v) is 7.78. The first kappa shape index (κ1) is 15.2. The van der Waals surface area contributed by atoms with E-state index in [1.807, 2.05) is 12.1 Å². The van der Waals surface area contributed by atoms with E-state index in [2.05, 4.69) is 0 Å². The van der Waals surface area contributed by atoms with E-state index >= 15 is 0 Å². The number of hydrogen-bond acceptors (Lipinski definition) is 2. The summed E-state index contributed by atoms with van der Waals surface area (Å²) < 4.78 is 0. The highest BCUT2D eigenvalue weighted by Crippen LogP contribution is 2.36. The quantitative estimate of drug-likeness (QED) is 0.720. The summed E-state index contributed by atoms with van der Waals surface area (Å²) in [4.78, 5) is 22.9. The molecule has 20 heavy (non-hydrogen) atoms. The van der Waals surface area contributed by atoms with Crippen molar-refractivity contribution in [2.24, 2.45) is 0 Å². The van der Waals surface area contributed by atoms with Crippen LogP contribution < -0.4 is 0 Å². The summed E-state index contributed by atoms with van der Waals surface area (Å²) in [5.74, 6) is 0.582. The van der Waals surface area contributed by atoms with Crippen molar-refractivity contribution in [2.45, 2.75) is 57.8 Å². The lowest BCUT2D eigenvalue weighted by molar-refractivity contribution is -0.116. The van der Waals surface area contributed by atoms with Crippen LogP contribution in [-0.4, -0.2) is 11.6 Å². The molecule has 0 unspecified atom stereocenters. The molecule has 1 aromatic rings. The predicted octanol–water partition coefficient (Wildman–Crippen LogP) is 4.94. The first-order chi connectivity index (χ1) is 9.58. The van der Waals surface area contributed by atoms with Crippen LogP contribution in [0.2, 0.25) is 5.02 Å². The lowest BCUT2D eigenvalue weighted by Gasteiger charge is -2.23. The molecule has 2 nitrogen and oxygen atoms in total. The molecule has 0 bridgehead atoms. The third kappa shape index (κ3) is 3.92. The molecule has 1 fully saturated rings. The number of Topliss-reactive ketones (excluding diaryl/α,β-unsaturated/α-hetero) is 2. The Kier molecular flexibility index (Phi) is 5.36. The van der Waals surface area contributed by atoms with Gasteiger partial charge in [0.2, 0.25) is 0 Å². The first-order valence-electron chi connectivity index (χ1n) is 7.40. The summed E-state index contributed by atoms with van der Waals surface area (Å²) in [5, 5.41) is 0.700.